The zero-order chi connectivity index (χ0) is 94.5. The highest BCUT2D eigenvalue weighted by atomic mass is 79.9. The molecule has 0 bridgehead atoms. The fourth-order valence-electron chi connectivity index (χ4n) is 14.1. The van der Waals surface area contributed by atoms with Gasteiger partial charge in [0.2, 0.25) is 23.6 Å². The summed E-state index contributed by atoms with van der Waals surface area (Å²) in [5.74, 6) is -9.56. The van der Waals surface area contributed by atoms with Crippen molar-refractivity contribution in [3.8, 4) is 0 Å². The van der Waals surface area contributed by atoms with E-state index < -0.39 is 149 Å². The van der Waals surface area contributed by atoms with E-state index in [-0.39, 0.29) is 158 Å². The van der Waals surface area contributed by atoms with Gasteiger partial charge in [-0.1, -0.05) is 91.0 Å². The van der Waals surface area contributed by atoms with Crippen molar-refractivity contribution in [3.63, 3.8) is 0 Å². The Morgan fingerprint density at radius 2 is 0.798 bits per heavy atom. The van der Waals surface area contributed by atoms with Gasteiger partial charge in [0.25, 0.3) is 0 Å². The Bertz CT molecular complexity index is 5630. The molecule has 8 aromatic rings. The fourth-order valence-corrected chi connectivity index (χ4v) is 14.5. The van der Waals surface area contributed by atoms with E-state index >= 15 is 0 Å². The van der Waals surface area contributed by atoms with Crippen molar-refractivity contribution in [2.45, 2.75) is 167 Å². The summed E-state index contributed by atoms with van der Waals surface area (Å²) in [6.45, 7) is 11.2. The number of carboxylic acid groups (broad SMARTS) is 1. The standard InChI is InChI=1S/C26H24F2N4O5.C25H22F2N4O5.C21H25F2NO5.C17H20BrF2NO3.S2.H2S/c1-15(33)25-18-7-3-4-9-20(18)32(30-25)14-22(34)31-13-17(27)12-21(31)26(36)29-19-8-5-6-16(24(19)28)10-11-23(35)37-2;1-14(32)24-17-6-2-3-8-19(17)31(29-24)13-21(33)30-12-16(26)11-20(30)25(36)28-18-7-4-5-15(23(18)27)9-10-22(34)35;1-21(2,3)29-20(27)24-12-15(22)11-16(24)17(25)10-14-7-5-6-13(19(14)23)8-9-18(26)28-4;1-17(2,3)24-16(23)21-9-11(19)8-13(21)14(22)7-10-5-4-6-12(18)15(10)20;1-2;/h3-11,17,21H,12-14H2,1-2H3,(H,29,36);2-10,16,20H,11-13H2,1H3,(H,28,36)(H,34,35);5-9,15-16H,10-12H2,1-4H3;4-6,11,13H,7-9H2,1-3H3;;1H2/b11-10+;10-9+;9-8+;;;/t17-,21+;16-,20+;15-,16+;11-,13+;;/m1111../s1. The summed E-state index contributed by atoms with van der Waals surface area (Å²) in [6, 6.07) is 26.7. The second-order valence-corrected chi connectivity index (χ2v) is 32.4. The van der Waals surface area contributed by atoms with E-state index in [4.69, 9.17) is 14.6 Å². The molecule has 4 saturated heterocycles. The van der Waals surface area contributed by atoms with Gasteiger partial charge >= 0.3 is 30.1 Å². The van der Waals surface area contributed by atoms with E-state index in [1.165, 1.54) is 110 Å². The zero-order valence-corrected chi connectivity index (χ0v) is 75.5. The van der Waals surface area contributed by atoms with Crippen LogP contribution in [0.2, 0.25) is 0 Å². The molecule has 40 heteroatoms. The molecular weight excluding hydrogens is 1830 g/mol. The molecule has 6 aromatic carbocycles. The van der Waals surface area contributed by atoms with Crippen LogP contribution in [-0.4, -0.2) is 222 Å². The van der Waals surface area contributed by atoms with E-state index in [0.29, 0.717) is 21.8 Å². The lowest BCUT2D eigenvalue weighted by Crippen LogP contribution is -2.44. The van der Waals surface area contributed by atoms with Crippen LogP contribution in [0.3, 0.4) is 0 Å². The third kappa shape index (κ3) is 28.1. The van der Waals surface area contributed by atoms with E-state index in [1.54, 1.807) is 102 Å². The van der Waals surface area contributed by atoms with Gasteiger partial charge in [0.05, 0.1) is 79.4 Å². The number of fused-ring (bicyclic) bond motifs is 2. The number of Topliss-reactive ketones (excluding diaryl/α,β-unsaturated/α-hetero) is 4. The topological polar surface area (TPSA) is 352 Å². The van der Waals surface area contributed by atoms with Crippen LogP contribution in [0.25, 0.3) is 40.0 Å². The number of aromatic nitrogens is 4. The number of anilines is 2. The molecule has 4 fully saturated rings. The summed E-state index contributed by atoms with van der Waals surface area (Å²) in [5, 5.41) is 23.2. The van der Waals surface area contributed by atoms with Crippen LogP contribution in [-0.2, 0) is 110 Å². The number of hydrogen-bond donors (Lipinski definition) is 3. The molecule has 8 atom stereocenters. The van der Waals surface area contributed by atoms with Crippen LogP contribution in [0.4, 0.5) is 56.1 Å². The Hall–Kier alpha value is -12.3. The Kier molecular flexibility index (Phi) is 37.5. The lowest BCUT2D eigenvalue weighted by molar-refractivity contribution is -0.137. The number of ketones is 4. The number of likely N-dealkylation sites (tertiary alicyclic amines) is 4. The van der Waals surface area contributed by atoms with Gasteiger partial charge in [0.1, 0.15) is 84.1 Å². The number of carboxylic acids is 1. The smallest absolute Gasteiger partial charge is 0.411 e. The number of amides is 6. The van der Waals surface area contributed by atoms with Crippen molar-refractivity contribution in [1.29, 1.82) is 0 Å². The molecule has 0 saturated carbocycles. The first-order chi connectivity index (χ1) is 60.4. The maximum Gasteiger partial charge on any atom is 0.411 e. The van der Waals surface area contributed by atoms with E-state index in [2.05, 4.69) is 68.6 Å². The SMILES string of the molecule is CC(=O)c1nn(CC(=O)N2C[C@H](F)C[C@H]2C(=O)Nc2cccc(/C=C/C(=O)O)c2F)c2ccccc12.CC(C)(C)OC(=O)N1C[C@H](F)C[C@H]1C(=O)Cc1cccc(Br)c1F.COC(=O)/C=C/c1cccc(CC(=O)[C@@H]2C[C@@H](F)CN2C(=O)OC(C)(C)C)c1F.COC(=O)/C=C/c1cccc(NC(=O)[C@@H]2C[C@@H](F)CN2C(=O)Cn2nc(C(C)=O)c3ccccc32)c1F.S.S=S. The number of benzene rings is 6. The summed E-state index contributed by atoms with van der Waals surface area (Å²) in [7, 11) is 2.39. The number of nitrogens with one attached hydrogen (secondary N) is 2. The molecule has 4 aliphatic rings. The average Bonchev–Trinajstić information content (AvgIpc) is 1.65. The Morgan fingerprint density at radius 3 is 1.16 bits per heavy atom. The van der Waals surface area contributed by atoms with E-state index in [0.717, 1.165) is 43.9 Å². The summed E-state index contributed by atoms with van der Waals surface area (Å²) >= 11 is 10.4. The van der Waals surface area contributed by atoms with Gasteiger partial charge in [-0.25, -0.2) is 59.1 Å². The lowest BCUT2D eigenvalue weighted by atomic mass is 9.99. The first-order valence-electron chi connectivity index (χ1n) is 39.6. The number of rotatable bonds is 22. The molecular formula is C89H93BrF8N10O18S3. The van der Waals surface area contributed by atoms with Gasteiger partial charge < -0.3 is 44.5 Å². The molecule has 0 aliphatic carbocycles. The van der Waals surface area contributed by atoms with Crippen molar-refractivity contribution < 1.29 is 122 Å². The number of carbonyl (C=O) groups is 13. The number of ether oxygens (including phenoxy) is 4. The third-order valence-electron chi connectivity index (χ3n) is 19.8. The molecule has 688 valence electrons. The average molecular weight is 1920 g/mol. The van der Waals surface area contributed by atoms with Gasteiger partial charge in [-0.15, -0.1) is 0 Å². The van der Waals surface area contributed by atoms with Crippen molar-refractivity contribution in [2.24, 2.45) is 0 Å². The monoisotopic (exact) mass is 1920 g/mol. The number of nitrogens with zero attached hydrogens (tertiary/aromatic N) is 8. The number of hydrogen-bond acceptors (Lipinski definition) is 21. The van der Waals surface area contributed by atoms with E-state index in [9.17, 15) is 97.5 Å². The van der Waals surface area contributed by atoms with Crippen molar-refractivity contribution >= 4 is 180 Å². The first-order valence-corrected chi connectivity index (χ1v) is 41.7. The molecule has 129 heavy (non-hydrogen) atoms. The normalized spacial score (nSPS) is 18.2. The van der Waals surface area contributed by atoms with Crippen LogP contribution in [0, 0.1) is 23.3 Å². The maximum absolute atomic E-state index is 14.9. The third-order valence-corrected chi connectivity index (χ3v) is 20.5. The zero-order valence-electron chi connectivity index (χ0n) is 71.3. The van der Waals surface area contributed by atoms with Crippen molar-refractivity contribution in [3.05, 3.63) is 207 Å². The van der Waals surface area contributed by atoms with Gasteiger partial charge in [-0.3, -0.25) is 57.5 Å². The summed E-state index contributed by atoms with van der Waals surface area (Å²) in [6.07, 6.45) is -1.98. The predicted molar refractivity (Wildman–Crippen MR) is 474 cm³/mol. The molecule has 3 N–H and O–H groups in total. The largest absolute Gasteiger partial charge is 0.478 e. The summed E-state index contributed by atoms with van der Waals surface area (Å²) < 4.78 is 137. The molecule has 0 spiro atoms. The molecule has 6 heterocycles. The number of methoxy groups -OCH3 is 2. The number of esters is 2. The molecule has 12 rings (SSSR count). The van der Waals surface area contributed by atoms with Crippen LogP contribution in [0.15, 0.2) is 144 Å². The van der Waals surface area contributed by atoms with Gasteiger partial charge in [0.15, 0.2) is 34.8 Å². The quantitative estimate of drug-likeness (QED) is 0.0186. The Balaban J connectivity index is 0.000000236. The van der Waals surface area contributed by atoms with Crippen molar-refractivity contribution in [1.82, 2.24) is 39.2 Å². The van der Waals surface area contributed by atoms with E-state index in [1.807, 2.05) is 0 Å². The first kappa shape index (κ1) is 104. The highest BCUT2D eigenvalue weighted by Crippen LogP contribution is 2.33. The second kappa shape index (κ2) is 46.6. The molecule has 2 aromatic heterocycles. The van der Waals surface area contributed by atoms with Crippen molar-refractivity contribution in [2.75, 3.05) is 51.0 Å². The van der Waals surface area contributed by atoms with Crippen LogP contribution >= 0.6 is 29.4 Å². The molecule has 4 aliphatic heterocycles. The minimum Gasteiger partial charge on any atom is -0.478 e. The minimum atomic E-state index is -1.46. The minimum absolute atomic E-state index is 0. The van der Waals surface area contributed by atoms with Gasteiger partial charge in [-0.05, 0) is 117 Å². The highest BCUT2D eigenvalue weighted by molar-refractivity contribution is 9.10. The Morgan fingerprint density at radius 1 is 0.465 bits per heavy atom. The number of para-hydroxylation sites is 2. The second-order valence-electron chi connectivity index (χ2n) is 31.5. The highest BCUT2D eigenvalue weighted by Gasteiger charge is 2.45. The molecule has 0 radical (unpaired) electrons. The number of aliphatic carboxylic acids is 1. The molecule has 28 nitrogen and oxygen atoms in total. The van der Waals surface area contributed by atoms with Gasteiger partial charge in [0, 0.05) is 120 Å². The summed E-state index contributed by atoms with van der Waals surface area (Å²) in [4.78, 5) is 164. The predicted octanol–water partition coefficient (Wildman–Crippen LogP) is 13.8. The maximum atomic E-state index is 14.9. The van der Waals surface area contributed by atoms with Gasteiger partial charge in [-0.2, -0.15) is 23.7 Å². The Labute approximate surface area is 760 Å². The number of carbonyl (C=O) groups excluding carboxylic acids is 12. The number of alkyl halides is 4. The molecule has 6 amide bonds. The molecule has 0 unspecified atom stereocenters. The fraction of sp³-hybridized carbons (Fsp3) is 0.360. The lowest BCUT2D eigenvalue weighted by Gasteiger charge is -2.27. The van der Waals surface area contributed by atoms with Crippen LogP contribution < -0.4 is 10.6 Å². The summed E-state index contributed by atoms with van der Waals surface area (Å²) in [5.41, 5.74) is -0.0678. The number of halogens is 9. The van der Waals surface area contributed by atoms with Crippen LogP contribution in [0.1, 0.15) is 130 Å². The van der Waals surface area contributed by atoms with Crippen LogP contribution in [0.5, 0.6) is 0 Å².